The SMILES string of the molecule is CCOc1nc(N)nc2c1ncn2C1O[C@H](CO[P@@](=O)(N[C@@H](C)C(=O)OC(C)C)SCC2CC(=O)NC2=O)[C@@H](O)[C@@]1(C)F. The molecule has 2 aromatic rings. The summed E-state index contributed by atoms with van der Waals surface area (Å²) in [6, 6.07) is -1.10. The summed E-state index contributed by atoms with van der Waals surface area (Å²) < 4.78 is 53.4. The predicted molar refractivity (Wildman–Crippen MR) is 151 cm³/mol. The molecule has 238 valence electrons. The Morgan fingerprint density at radius 3 is 2.74 bits per heavy atom. The van der Waals surface area contributed by atoms with Crippen LogP contribution >= 0.6 is 18.1 Å². The first-order chi connectivity index (χ1) is 20.1. The zero-order chi connectivity index (χ0) is 31.7. The van der Waals surface area contributed by atoms with E-state index >= 15 is 4.39 Å². The molecule has 4 heterocycles. The quantitative estimate of drug-likeness (QED) is 0.137. The molecule has 19 heteroatoms. The van der Waals surface area contributed by atoms with Gasteiger partial charge < -0.3 is 29.6 Å². The van der Waals surface area contributed by atoms with Gasteiger partial charge >= 0.3 is 12.7 Å². The van der Waals surface area contributed by atoms with Crippen molar-refractivity contribution in [2.24, 2.45) is 5.92 Å². The number of esters is 1. The van der Waals surface area contributed by atoms with Gasteiger partial charge in [-0.2, -0.15) is 9.97 Å². The Hall–Kier alpha value is -2.89. The van der Waals surface area contributed by atoms with Gasteiger partial charge in [0.2, 0.25) is 23.6 Å². The van der Waals surface area contributed by atoms with Crippen molar-refractivity contribution in [2.45, 2.75) is 77.3 Å². The molecular weight excluding hydrogens is 612 g/mol. The first-order valence-electron chi connectivity index (χ1n) is 13.5. The van der Waals surface area contributed by atoms with Crippen molar-refractivity contribution >= 4 is 53.0 Å². The number of aromatic nitrogens is 4. The number of ether oxygens (including phenoxy) is 3. The molecule has 0 radical (unpaired) electrons. The van der Waals surface area contributed by atoms with Gasteiger partial charge in [-0.3, -0.25) is 28.8 Å². The molecule has 43 heavy (non-hydrogen) atoms. The molecule has 0 saturated carbocycles. The third-order valence-corrected chi connectivity index (χ3v) is 10.8. The number of imidazole rings is 1. The second kappa shape index (κ2) is 13.0. The smallest absolute Gasteiger partial charge is 0.327 e. The number of carbonyl (C=O) groups is 3. The number of alkyl halides is 1. The maximum Gasteiger partial charge on any atom is 0.327 e. The number of hydrogen-bond acceptors (Lipinski definition) is 14. The highest BCUT2D eigenvalue weighted by Gasteiger charge is 2.56. The summed E-state index contributed by atoms with van der Waals surface area (Å²) in [6.07, 6.45) is -3.85. The number of aliphatic hydroxyl groups excluding tert-OH is 1. The van der Waals surface area contributed by atoms with Crippen LogP contribution in [0.25, 0.3) is 11.2 Å². The van der Waals surface area contributed by atoms with Crippen LogP contribution in [0.3, 0.4) is 0 Å². The standard InChI is InChI=1S/C24H35FN7O9PS/c1-6-38-20-16-18(29-23(26)30-20)32(10-27-16)22-24(5,25)17(34)14(41-22)8-39-42(37,31-12(4)21(36)40-11(2)3)43-9-13-7-15(33)28-19(13)35/h10-14,17,22,34H,6-9H2,1-5H3,(H,31,37)(H2,26,29,30)(H,28,33,35)/t12-,13?,14+,17+,22?,24+,42-/m0/s1. The van der Waals surface area contributed by atoms with Gasteiger partial charge in [-0.15, -0.1) is 0 Å². The zero-order valence-corrected chi connectivity index (χ0v) is 25.9. The summed E-state index contributed by atoms with van der Waals surface area (Å²) in [6.45, 7) is 3.21. The van der Waals surface area contributed by atoms with Crippen molar-refractivity contribution in [3.05, 3.63) is 6.33 Å². The van der Waals surface area contributed by atoms with Gasteiger partial charge in [-0.05, 0) is 34.6 Å². The van der Waals surface area contributed by atoms with Gasteiger partial charge in [0.25, 0.3) is 0 Å². The lowest BCUT2D eigenvalue weighted by Gasteiger charge is -2.25. The lowest BCUT2D eigenvalue weighted by atomic mass is 9.98. The summed E-state index contributed by atoms with van der Waals surface area (Å²) in [5.74, 6) is -2.61. The van der Waals surface area contributed by atoms with Gasteiger partial charge in [0, 0.05) is 12.2 Å². The average molecular weight is 648 g/mol. The van der Waals surface area contributed by atoms with E-state index in [0.29, 0.717) is 11.4 Å². The number of nitrogens with two attached hydrogens (primary N) is 1. The molecule has 0 aliphatic carbocycles. The van der Waals surface area contributed by atoms with Crippen molar-refractivity contribution < 1.29 is 47.2 Å². The number of halogens is 1. The Balaban J connectivity index is 1.53. The molecule has 7 atom stereocenters. The Morgan fingerprint density at radius 1 is 1.40 bits per heavy atom. The van der Waals surface area contributed by atoms with Gasteiger partial charge in [-0.1, -0.05) is 11.4 Å². The first kappa shape index (κ1) is 33.0. The monoisotopic (exact) mass is 647 g/mol. The van der Waals surface area contributed by atoms with E-state index in [0.717, 1.165) is 6.92 Å². The molecule has 2 aliphatic heterocycles. The molecule has 2 amide bonds. The molecule has 0 spiro atoms. The van der Waals surface area contributed by atoms with E-state index in [9.17, 15) is 24.1 Å². The van der Waals surface area contributed by atoms with Crippen LogP contribution in [-0.2, 0) is 32.9 Å². The number of hydrogen-bond donors (Lipinski definition) is 4. The molecule has 0 aromatic carbocycles. The Kier molecular flexibility index (Phi) is 9.98. The number of aliphatic hydroxyl groups is 1. The second-order valence-electron chi connectivity index (χ2n) is 10.5. The van der Waals surface area contributed by atoms with E-state index in [1.165, 1.54) is 17.8 Å². The number of nitrogen functional groups attached to an aromatic ring is 1. The Labute approximate surface area is 250 Å². The second-order valence-corrected chi connectivity index (χ2v) is 14.8. The highest BCUT2D eigenvalue weighted by atomic mass is 32.7. The van der Waals surface area contributed by atoms with Gasteiger partial charge in [0.1, 0.15) is 18.2 Å². The van der Waals surface area contributed by atoms with E-state index in [2.05, 4.69) is 25.4 Å². The fourth-order valence-electron chi connectivity index (χ4n) is 4.50. The maximum absolute atomic E-state index is 16.0. The number of imide groups is 1. The highest BCUT2D eigenvalue weighted by molar-refractivity contribution is 8.56. The largest absolute Gasteiger partial charge is 0.476 e. The summed E-state index contributed by atoms with van der Waals surface area (Å²) in [5, 5.41) is 15.7. The first-order valence-corrected chi connectivity index (χ1v) is 16.7. The molecule has 0 bridgehead atoms. The lowest BCUT2D eigenvalue weighted by molar-refractivity contribution is -0.149. The minimum atomic E-state index is -4.04. The summed E-state index contributed by atoms with van der Waals surface area (Å²) in [5.41, 5.74) is 3.71. The number of rotatable bonds is 13. The Bertz CT molecular complexity index is 1430. The van der Waals surface area contributed by atoms with Gasteiger partial charge in [0.05, 0.1) is 31.6 Å². The maximum atomic E-state index is 16.0. The van der Waals surface area contributed by atoms with E-state index in [1.807, 2.05) is 0 Å². The third kappa shape index (κ3) is 7.26. The molecule has 2 unspecified atom stereocenters. The number of anilines is 1. The van der Waals surface area contributed by atoms with Crippen LogP contribution < -0.4 is 20.9 Å². The van der Waals surface area contributed by atoms with Crippen LogP contribution in [0.2, 0.25) is 0 Å². The molecule has 4 rings (SSSR count). The molecule has 2 aliphatic rings. The number of amides is 2. The number of fused-ring (bicyclic) bond motifs is 1. The fraction of sp³-hybridized carbons (Fsp3) is 0.667. The molecule has 2 aromatic heterocycles. The summed E-state index contributed by atoms with van der Waals surface area (Å²) >= 11 is 0.695. The van der Waals surface area contributed by atoms with E-state index in [4.69, 9.17) is 24.5 Å². The fourth-order valence-corrected chi connectivity index (χ4v) is 8.53. The molecule has 2 fully saturated rings. The van der Waals surface area contributed by atoms with Crippen molar-refractivity contribution in [1.82, 2.24) is 29.9 Å². The Morgan fingerprint density at radius 2 is 2.12 bits per heavy atom. The molecule has 5 N–H and O–H groups in total. The van der Waals surface area contributed by atoms with Crippen molar-refractivity contribution in [3.8, 4) is 5.88 Å². The normalized spacial score (nSPS) is 27.8. The molecular formula is C24H35FN7O9PS. The van der Waals surface area contributed by atoms with Gasteiger partial charge in [-0.25, -0.2) is 14.5 Å². The van der Waals surface area contributed by atoms with Crippen LogP contribution in [-0.4, -0.2) is 91.4 Å². The molecule has 2 saturated heterocycles. The van der Waals surface area contributed by atoms with Crippen molar-refractivity contribution in [3.63, 3.8) is 0 Å². The summed E-state index contributed by atoms with van der Waals surface area (Å²) in [7, 11) is 0. The highest BCUT2D eigenvalue weighted by Crippen LogP contribution is 2.58. The zero-order valence-electron chi connectivity index (χ0n) is 24.2. The van der Waals surface area contributed by atoms with Crippen molar-refractivity contribution in [2.75, 3.05) is 24.7 Å². The lowest BCUT2D eigenvalue weighted by Crippen LogP contribution is -2.41. The van der Waals surface area contributed by atoms with Crippen LogP contribution in [0, 0.1) is 5.92 Å². The van der Waals surface area contributed by atoms with Crippen LogP contribution in [0.15, 0.2) is 6.33 Å². The topological polar surface area (TPSA) is 219 Å². The summed E-state index contributed by atoms with van der Waals surface area (Å²) in [4.78, 5) is 48.4. The van der Waals surface area contributed by atoms with E-state index < -0.39 is 73.3 Å². The average Bonchev–Trinajstić information content (AvgIpc) is 3.54. The number of carbonyl (C=O) groups excluding carboxylic acids is 3. The minimum Gasteiger partial charge on any atom is -0.476 e. The number of nitrogens with zero attached hydrogens (tertiary/aromatic N) is 4. The third-order valence-electron chi connectivity index (χ3n) is 6.63. The predicted octanol–water partition coefficient (Wildman–Crippen LogP) is 1.24. The van der Waals surface area contributed by atoms with Crippen LogP contribution in [0.5, 0.6) is 5.88 Å². The van der Waals surface area contributed by atoms with Crippen molar-refractivity contribution in [1.29, 1.82) is 0 Å². The van der Waals surface area contributed by atoms with Crippen LogP contribution in [0.1, 0.15) is 47.3 Å². The number of nitrogens with one attached hydrogen (secondary N) is 2. The molecule has 16 nitrogen and oxygen atoms in total. The van der Waals surface area contributed by atoms with E-state index in [1.54, 1.807) is 20.8 Å². The minimum absolute atomic E-state index is 0.0877. The van der Waals surface area contributed by atoms with Gasteiger partial charge in [0.15, 0.2) is 23.1 Å². The van der Waals surface area contributed by atoms with E-state index in [-0.39, 0.29) is 41.8 Å². The van der Waals surface area contributed by atoms with Crippen LogP contribution in [0.4, 0.5) is 10.3 Å².